The molecular weight excluding hydrogens is 214 g/mol. The van der Waals surface area contributed by atoms with Crippen LogP contribution in [0.2, 0.25) is 0 Å². The van der Waals surface area contributed by atoms with Crippen molar-refractivity contribution in [3.63, 3.8) is 0 Å². The van der Waals surface area contributed by atoms with Crippen molar-refractivity contribution in [3.8, 4) is 0 Å². The Morgan fingerprint density at radius 1 is 1.33 bits per heavy atom. The van der Waals surface area contributed by atoms with Crippen molar-refractivity contribution in [1.82, 2.24) is 4.90 Å². The molecule has 0 aliphatic carbocycles. The number of rotatable bonds is 3. The summed E-state index contributed by atoms with van der Waals surface area (Å²) in [5.41, 5.74) is 1.30. The number of carbonyl (C=O) groups is 1. The molecule has 1 N–H and O–H groups in total. The minimum Gasteiger partial charge on any atom is -0.478 e. The third-order valence-electron chi connectivity index (χ3n) is 1.63. The third-order valence-corrected chi connectivity index (χ3v) is 1.63. The van der Waals surface area contributed by atoms with Gasteiger partial charge in [0.1, 0.15) is 0 Å². The smallest absolute Gasteiger partial charge is 0.333 e. The highest BCUT2D eigenvalue weighted by atomic mass is 32.2. The lowest BCUT2D eigenvalue weighted by molar-refractivity contribution is -0.132. The maximum absolute atomic E-state index is 10.5. The zero-order valence-corrected chi connectivity index (χ0v) is 11.1. The molecule has 0 saturated heterocycles. The average molecular weight is 235 g/mol. The molecule has 90 valence electrons. The molecule has 0 unspecified atom stereocenters. The van der Waals surface area contributed by atoms with Crippen LogP contribution in [-0.4, -0.2) is 46.8 Å². The van der Waals surface area contributed by atoms with E-state index in [1.165, 1.54) is 0 Å². The summed E-state index contributed by atoms with van der Waals surface area (Å²) in [6.07, 6.45) is 4.03. The zero-order chi connectivity index (χ0) is 12.6. The van der Waals surface area contributed by atoms with Gasteiger partial charge in [0, 0.05) is 43.1 Å². The van der Waals surface area contributed by atoms with Crippen LogP contribution in [0.5, 0.6) is 0 Å². The van der Waals surface area contributed by atoms with Gasteiger partial charge in [-0.15, -0.1) is 0 Å². The van der Waals surface area contributed by atoms with Gasteiger partial charge in [0.15, 0.2) is 0 Å². The van der Waals surface area contributed by atoms with Gasteiger partial charge < -0.3 is 10.0 Å². The first kappa shape index (κ1) is 16.6. The molecule has 0 aromatic carbocycles. The quantitative estimate of drug-likeness (QED) is 0.749. The fourth-order valence-corrected chi connectivity index (χ4v) is 1.04. The summed E-state index contributed by atoms with van der Waals surface area (Å²) < 4.78 is 9.56. The highest BCUT2D eigenvalue weighted by molar-refractivity contribution is 7.83. The van der Waals surface area contributed by atoms with E-state index >= 15 is 0 Å². The monoisotopic (exact) mass is 235 g/mol. The fraction of sp³-hybridized carbons (Fsp3) is 0.700. The number of hydrogen-bond donors (Lipinski definition) is 1. The number of carboxylic acids is 1. The molecule has 0 aliphatic heterocycles. The van der Waals surface area contributed by atoms with Crippen molar-refractivity contribution in [1.29, 1.82) is 0 Å². The maximum Gasteiger partial charge on any atom is 0.333 e. The van der Waals surface area contributed by atoms with Gasteiger partial charge in [-0.05, 0) is 13.3 Å². The van der Waals surface area contributed by atoms with E-state index in [4.69, 9.17) is 5.11 Å². The van der Waals surface area contributed by atoms with Crippen LogP contribution < -0.4 is 0 Å². The highest BCUT2D eigenvalue weighted by Crippen LogP contribution is 2.10. The molecule has 0 amide bonds. The summed E-state index contributed by atoms with van der Waals surface area (Å²) in [6.45, 7) is 3.57. The second-order valence-corrected chi connectivity index (χ2v) is 4.85. The standard InChI is InChI=1S/C8H15NO2.C2H6OS/c1-5-7(9(3)4)6(2)8(10)11;1-4(2)3/h5H2,1-4H3,(H,10,11);1-2H3/b7-6+;. The third kappa shape index (κ3) is 9.46. The molecule has 0 saturated carbocycles. The Kier molecular flexibility index (Phi) is 9.36. The van der Waals surface area contributed by atoms with Gasteiger partial charge in [0.2, 0.25) is 0 Å². The molecule has 0 rings (SSSR count). The Labute approximate surface area is 94.4 Å². The first-order valence-electron chi connectivity index (χ1n) is 4.59. The number of aliphatic carboxylic acids is 1. The summed E-state index contributed by atoms with van der Waals surface area (Å²) in [5.74, 6) is -0.837. The minimum atomic E-state index is -0.837. The average Bonchev–Trinajstić information content (AvgIpc) is 2.03. The van der Waals surface area contributed by atoms with Gasteiger partial charge in [-0.1, -0.05) is 6.92 Å². The van der Waals surface area contributed by atoms with E-state index in [1.807, 2.05) is 25.9 Å². The Bertz CT molecular complexity index is 255. The minimum absolute atomic E-state index is 0.428. The highest BCUT2D eigenvalue weighted by Gasteiger charge is 2.08. The van der Waals surface area contributed by atoms with Crippen molar-refractivity contribution in [2.24, 2.45) is 0 Å². The van der Waals surface area contributed by atoms with Crippen LogP contribution >= 0.6 is 0 Å². The summed E-state index contributed by atoms with van der Waals surface area (Å²) >= 11 is 0. The van der Waals surface area contributed by atoms with E-state index in [0.29, 0.717) is 5.57 Å². The first-order valence-corrected chi connectivity index (χ1v) is 6.56. The molecule has 0 aromatic rings. The van der Waals surface area contributed by atoms with E-state index in [9.17, 15) is 9.00 Å². The number of allylic oxidation sites excluding steroid dienone is 1. The van der Waals surface area contributed by atoms with Crippen LogP contribution in [0, 0.1) is 0 Å². The molecule has 0 fully saturated rings. The van der Waals surface area contributed by atoms with Gasteiger partial charge >= 0.3 is 5.97 Å². The van der Waals surface area contributed by atoms with Gasteiger partial charge in [-0.3, -0.25) is 4.21 Å². The molecule has 0 bridgehead atoms. The predicted octanol–water partition coefficient (Wildman–Crippen LogP) is 1.31. The molecular formula is C10H21NO3S. The lowest BCUT2D eigenvalue weighted by Gasteiger charge is -2.17. The molecule has 0 aromatic heterocycles. The SMILES string of the molecule is CC/C(=C(/C)C(=O)O)N(C)C.CS(C)=O. The van der Waals surface area contributed by atoms with E-state index < -0.39 is 16.8 Å². The van der Waals surface area contributed by atoms with Crippen LogP contribution in [0.15, 0.2) is 11.3 Å². The molecule has 5 heteroatoms. The lowest BCUT2D eigenvalue weighted by Crippen LogP contribution is -2.15. The molecule has 0 aliphatic rings. The van der Waals surface area contributed by atoms with Crippen LogP contribution in [-0.2, 0) is 15.6 Å². The summed E-state index contributed by atoms with van der Waals surface area (Å²) in [5, 5.41) is 8.65. The zero-order valence-electron chi connectivity index (χ0n) is 10.3. The predicted molar refractivity (Wildman–Crippen MR) is 64.3 cm³/mol. The lowest BCUT2D eigenvalue weighted by atomic mass is 10.2. The van der Waals surface area contributed by atoms with Crippen molar-refractivity contribution in [2.75, 3.05) is 26.6 Å². The van der Waals surface area contributed by atoms with Crippen LogP contribution in [0.4, 0.5) is 0 Å². The van der Waals surface area contributed by atoms with Crippen molar-refractivity contribution in [3.05, 3.63) is 11.3 Å². The Morgan fingerprint density at radius 3 is 1.73 bits per heavy atom. The van der Waals surface area contributed by atoms with Crippen LogP contribution in [0.3, 0.4) is 0 Å². The summed E-state index contributed by atoms with van der Waals surface area (Å²) in [7, 11) is 3.09. The topological polar surface area (TPSA) is 57.6 Å². The Balaban J connectivity index is 0. The van der Waals surface area contributed by atoms with Gasteiger partial charge in [0.05, 0.1) is 5.57 Å². The van der Waals surface area contributed by atoms with Crippen molar-refractivity contribution >= 4 is 16.8 Å². The second-order valence-electron chi connectivity index (χ2n) is 3.37. The van der Waals surface area contributed by atoms with Crippen LogP contribution in [0.25, 0.3) is 0 Å². The number of hydrogen-bond acceptors (Lipinski definition) is 3. The Morgan fingerprint density at radius 2 is 1.67 bits per heavy atom. The van der Waals surface area contributed by atoms with E-state index in [-0.39, 0.29) is 0 Å². The second kappa shape index (κ2) is 8.47. The molecule has 4 nitrogen and oxygen atoms in total. The normalized spacial score (nSPS) is 11.4. The van der Waals surface area contributed by atoms with E-state index in [2.05, 4.69) is 0 Å². The molecule has 15 heavy (non-hydrogen) atoms. The summed E-state index contributed by atoms with van der Waals surface area (Å²) in [6, 6.07) is 0. The molecule has 0 radical (unpaired) electrons. The largest absolute Gasteiger partial charge is 0.478 e. The molecule has 0 heterocycles. The number of carboxylic acid groups (broad SMARTS) is 1. The van der Waals surface area contributed by atoms with Crippen molar-refractivity contribution < 1.29 is 14.1 Å². The molecule has 0 atom stereocenters. The van der Waals surface area contributed by atoms with Gasteiger partial charge in [-0.2, -0.15) is 0 Å². The Hall–Kier alpha value is -0.840. The summed E-state index contributed by atoms with van der Waals surface area (Å²) in [4.78, 5) is 12.4. The number of nitrogens with zero attached hydrogens (tertiary/aromatic N) is 1. The first-order chi connectivity index (χ1) is 6.73. The van der Waals surface area contributed by atoms with Crippen LogP contribution in [0.1, 0.15) is 20.3 Å². The van der Waals surface area contributed by atoms with E-state index in [1.54, 1.807) is 19.4 Å². The van der Waals surface area contributed by atoms with Gasteiger partial charge in [0.25, 0.3) is 0 Å². The maximum atomic E-state index is 10.5. The fourth-order valence-electron chi connectivity index (χ4n) is 1.04. The van der Waals surface area contributed by atoms with Crippen molar-refractivity contribution in [2.45, 2.75) is 20.3 Å². The van der Waals surface area contributed by atoms with E-state index in [0.717, 1.165) is 12.1 Å². The molecule has 0 spiro atoms. The van der Waals surface area contributed by atoms with Gasteiger partial charge in [-0.25, -0.2) is 4.79 Å².